The number of rotatable bonds is 4. The quantitative estimate of drug-likeness (QED) is 0.570. The number of hydroxylamine groups is 2. The molecular weight excluding hydrogens is 412 g/mol. The van der Waals surface area contributed by atoms with Gasteiger partial charge < -0.3 is 9.47 Å². The Morgan fingerprint density at radius 2 is 0.875 bits per heavy atom. The lowest BCUT2D eigenvalue weighted by Crippen LogP contribution is -2.50. The van der Waals surface area contributed by atoms with E-state index in [9.17, 15) is 9.59 Å². The molecule has 0 fully saturated rings. The van der Waals surface area contributed by atoms with E-state index in [1.165, 1.54) is 14.2 Å². The summed E-state index contributed by atoms with van der Waals surface area (Å²) in [5.74, 6) is 0.569. The number of carbonyl (C=O) groups excluding carboxylic acids is 2. The molecule has 0 N–H and O–H groups in total. The Balaban J connectivity index is 2.09. The van der Waals surface area contributed by atoms with Crippen molar-refractivity contribution in [3.05, 3.63) is 59.7 Å². The van der Waals surface area contributed by atoms with E-state index in [1.807, 2.05) is 24.3 Å². The first-order chi connectivity index (χ1) is 14.9. The number of hydrogen-bond acceptors (Lipinski definition) is 6. The van der Waals surface area contributed by atoms with Crippen LogP contribution in [-0.2, 0) is 20.5 Å². The first kappa shape index (κ1) is 25.2. The molecule has 0 aliphatic heterocycles. The van der Waals surface area contributed by atoms with E-state index in [0.29, 0.717) is 10.3 Å². The van der Waals surface area contributed by atoms with Gasteiger partial charge in [-0.2, -0.15) is 0 Å². The molecule has 2 rings (SSSR count). The van der Waals surface area contributed by atoms with Gasteiger partial charge in [0.2, 0.25) is 0 Å². The van der Waals surface area contributed by atoms with Crippen molar-refractivity contribution >= 4 is 12.2 Å². The van der Waals surface area contributed by atoms with Gasteiger partial charge in [-0.05, 0) is 46.2 Å². The number of benzene rings is 2. The van der Waals surface area contributed by atoms with Gasteiger partial charge >= 0.3 is 12.2 Å². The number of hydrazine groups is 1. The fourth-order valence-electron chi connectivity index (χ4n) is 2.77. The summed E-state index contributed by atoms with van der Waals surface area (Å²) in [6.45, 7) is 12.5. The maximum atomic E-state index is 12.6. The van der Waals surface area contributed by atoms with Crippen LogP contribution in [0.5, 0.6) is 11.5 Å². The Labute approximate surface area is 189 Å². The van der Waals surface area contributed by atoms with Gasteiger partial charge in [0.1, 0.15) is 11.5 Å². The maximum Gasteiger partial charge on any atom is 0.461 e. The zero-order chi connectivity index (χ0) is 24.1. The lowest BCUT2D eigenvalue weighted by atomic mass is 9.87. The van der Waals surface area contributed by atoms with Crippen LogP contribution < -0.4 is 9.47 Å². The van der Waals surface area contributed by atoms with Crippen LogP contribution in [-0.4, -0.2) is 36.8 Å². The van der Waals surface area contributed by atoms with Crippen molar-refractivity contribution in [3.8, 4) is 11.5 Å². The number of hydrogen-bond donors (Lipinski definition) is 0. The zero-order valence-electron chi connectivity index (χ0n) is 20.0. The van der Waals surface area contributed by atoms with Crippen molar-refractivity contribution in [3.63, 3.8) is 0 Å². The van der Waals surface area contributed by atoms with Crippen LogP contribution in [0.15, 0.2) is 48.5 Å². The molecule has 0 aliphatic carbocycles. The molecule has 0 heterocycles. The van der Waals surface area contributed by atoms with Gasteiger partial charge in [-0.1, -0.05) is 76.2 Å². The van der Waals surface area contributed by atoms with Crippen molar-refractivity contribution < 1.29 is 28.7 Å². The molecule has 2 amide bonds. The summed E-state index contributed by atoms with van der Waals surface area (Å²) in [5, 5.41) is 1.03. The van der Waals surface area contributed by atoms with Gasteiger partial charge in [0.25, 0.3) is 0 Å². The first-order valence-corrected chi connectivity index (χ1v) is 10.2. The topological polar surface area (TPSA) is 77.5 Å². The third-order valence-corrected chi connectivity index (χ3v) is 4.67. The van der Waals surface area contributed by atoms with E-state index in [-0.39, 0.29) is 22.3 Å². The standard InChI is InChI=1S/C24H32N2O6/c1-23(2,3)17-9-13-19(14-10-17)31-21(27)25(29-7)26(30-8)22(28)32-20-15-11-18(12-16-20)24(4,5)6/h9-16H,1-8H3. The SMILES string of the molecule is CON(C(=O)Oc1ccc(C(C)(C)C)cc1)N(OC)C(=O)Oc1ccc(C(C)(C)C)cc1. The highest BCUT2D eigenvalue weighted by Crippen LogP contribution is 2.26. The minimum Gasteiger partial charge on any atom is -0.407 e. The van der Waals surface area contributed by atoms with Crippen molar-refractivity contribution in [1.82, 2.24) is 10.3 Å². The van der Waals surface area contributed by atoms with E-state index in [1.54, 1.807) is 24.3 Å². The second-order valence-corrected chi connectivity index (χ2v) is 9.20. The van der Waals surface area contributed by atoms with Gasteiger partial charge in [0.05, 0.1) is 14.2 Å². The highest BCUT2D eigenvalue weighted by atomic mass is 16.9. The molecule has 8 nitrogen and oxygen atoms in total. The van der Waals surface area contributed by atoms with E-state index in [0.717, 1.165) is 11.1 Å². The third kappa shape index (κ3) is 6.45. The number of nitrogens with zero attached hydrogens (tertiary/aromatic N) is 2. The molecule has 0 saturated carbocycles. The summed E-state index contributed by atoms with van der Waals surface area (Å²) < 4.78 is 10.6. The second kappa shape index (κ2) is 10.0. The number of carbonyl (C=O) groups is 2. The molecule has 0 atom stereocenters. The van der Waals surface area contributed by atoms with Crippen LogP contribution in [0.1, 0.15) is 52.7 Å². The predicted octanol–water partition coefficient (Wildman–Crippen LogP) is 5.62. The third-order valence-electron chi connectivity index (χ3n) is 4.67. The number of ether oxygens (including phenoxy) is 2. The minimum atomic E-state index is -0.988. The molecule has 32 heavy (non-hydrogen) atoms. The van der Waals surface area contributed by atoms with Gasteiger partial charge in [-0.15, -0.1) is 0 Å². The molecular formula is C24H32N2O6. The molecule has 0 unspecified atom stereocenters. The van der Waals surface area contributed by atoms with Gasteiger partial charge in [0, 0.05) is 0 Å². The molecule has 2 aromatic rings. The highest BCUT2D eigenvalue weighted by molar-refractivity contribution is 5.75. The summed E-state index contributed by atoms with van der Waals surface area (Å²) in [6.07, 6.45) is -1.98. The average molecular weight is 445 g/mol. The molecule has 0 spiro atoms. The Hall–Kier alpha value is -3.10. The van der Waals surface area contributed by atoms with Crippen molar-refractivity contribution in [2.24, 2.45) is 0 Å². The zero-order valence-corrected chi connectivity index (χ0v) is 20.0. The molecule has 174 valence electrons. The van der Waals surface area contributed by atoms with Crippen molar-refractivity contribution in [2.45, 2.75) is 52.4 Å². The monoisotopic (exact) mass is 444 g/mol. The summed E-state index contributed by atoms with van der Waals surface area (Å²) in [7, 11) is 2.39. The normalized spacial score (nSPS) is 11.6. The molecule has 0 aliphatic rings. The predicted molar refractivity (Wildman–Crippen MR) is 120 cm³/mol. The molecule has 0 bridgehead atoms. The van der Waals surface area contributed by atoms with Crippen LogP contribution in [0, 0.1) is 0 Å². The van der Waals surface area contributed by atoms with Crippen molar-refractivity contribution in [2.75, 3.05) is 14.2 Å². The summed E-state index contributed by atoms with van der Waals surface area (Å²) in [4.78, 5) is 35.2. The Kier molecular flexibility index (Phi) is 7.87. The van der Waals surface area contributed by atoms with Crippen LogP contribution >= 0.6 is 0 Å². The molecule has 2 aromatic carbocycles. The smallest absolute Gasteiger partial charge is 0.407 e. The molecule has 0 aromatic heterocycles. The minimum absolute atomic E-state index is 0.0389. The van der Waals surface area contributed by atoms with E-state index in [4.69, 9.17) is 19.1 Å². The lowest BCUT2D eigenvalue weighted by molar-refractivity contribution is -0.333. The highest BCUT2D eigenvalue weighted by Gasteiger charge is 2.31. The van der Waals surface area contributed by atoms with E-state index >= 15 is 0 Å². The van der Waals surface area contributed by atoms with Gasteiger partial charge in [0.15, 0.2) is 0 Å². The Morgan fingerprint density at radius 1 is 0.594 bits per heavy atom. The lowest BCUT2D eigenvalue weighted by Gasteiger charge is -2.27. The fourth-order valence-corrected chi connectivity index (χ4v) is 2.77. The van der Waals surface area contributed by atoms with Gasteiger partial charge in [-0.3, -0.25) is 0 Å². The summed E-state index contributed by atoms with van der Waals surface area (Å²) >= 11 is 0. The maximum absolute atomic E-state index is 12.6. The van der Waals surface area contributed by atoms with Crippen LogP contribution in [0.3, 0.4) is 0 Å². The first-order valence-electron chi connectivity index (χ1n) is 10.2. The number of amides is 2. The average Bonchev–Trinajstić information content (AvgIpc) is 2.71. The van der Waals surface area contributed by atoms with Gasteiger partial charge in [-0.25, -0.2) is 19.3 Å². The summed E-state index contributed by atoms with van der Waals surface area (Å²) in [5.41, 5.74) is 2.09. The molecule has 0 saturated heterocycles. The van der Waals surface area contributed by atoms with Crippen LogP contribution in [0.2, 0.25) is 0 Å². The Bertz CT molecular complexity index is 834. The van der Waals surface area contributed by atoms with Crippen LogP contribution in [0.4, 0.5) is 9.59 Å². The van der Waals surface area contributed by atoms with Crippen molar-refractivity contribution in [1.29, 1.82) is 0 Å². The summed E-state index contributed by atoms with van der Waals surface area (Å²) in [6, 6.07) is 14.1. The molecule has 0 radical (unpaired) electrons. The second-order valence-electron chi connectivity index (χ2n) is 9.20. The Morgan fingerprint density at radius 3 is 1.09 bits per heavy atom. The van der Waals surface area contributed by atoms with Crippen LogP contribution in [0.25, 0.3) is 0 Å². The van der Waals surface area contributed by atoms with E-state index in [2.05, 4.69) is 41.5 Å². The van der Waals surface area contributed by atoms with E-state index < -0.39 is 12.2 Å². The fraction of sp³-hybridized carbons (Fsp3) is 0.417. The molecule has 8 heteroatoms. The largest absolute Gasteiger partial charge is 0.461 e.